The van der Waals surface area contributed by atoms with Crippen molar-refractivity contribution >= 4 is 6.21 Å². The van der Waals surface area contributed by atoms with E-state index in [0.717, 1.165) is 47.6 Å². The summed E-state index contributed by atoms with van der Waals surface area (Å²) in [5.41, 5.74) is 4.68. The van der Waals surface area contributed by atoms with Crippen molar-refractivity contribution in [2.75, 3.05) is 20.3 Å². The van der Waals surface area contributed by atoms with Crippen LogP contribution in [0, 0.1) is 13.8 Å². The first-order valence-corrected chi connectivity index (χ1v) is 10.8. The third kappa shape index (κ3) is 8.32. The molecule has 0 radical (unpaired) electrons. The average Bonchev–Trinajstić information content (AvgIpc) is 2.74. The van der Waals surface area contributed by atoms with Crippen molar-refractivity contribution in [3.05, 3.63) is 70.8 Å². The number of benzene rings is 2. The van der Waals surface area contributed by atoms with Crippen LogP contribution in [0.2, 0.25) is 0 Å². The van der Waals surface area contributed by atoms with Gasteiger partial charge in [0.2, 0.25) is 0 Å². The standard InChI is InChI=1S/C26H35NO3/c1-5-6-16-29-25-18-21(2)26(22(3)19-25)30-17-10-8-7-9-11-23-12-14-24(15-13-23)20-27-28-4/h5-6,12-15,18-20H,7-11,16-17H2,1-4H3/b6-5+,27-20+. The van der Waals surface area contributed by atoms with Gasteiger partial charge in [0.1, 0.15) is 25.2 Å². The molecule has 2 aromatic carbocycles. The zero-order chi connectivity index (χ0) is 21.6. The molecule has 0 bridgehead atoms. The van der Waals surface area contributed by atoms with E-state index in [1.165, 1.54) is 24.8 Å². The van der Waals surface area contributed by atoms with Gasteiger partial charge in [0.15, 0.2) is 0 Å². The van der Waals surface area contributed by atoms with Gasteiger partial charge in [-0.05, 0) is 74.4 Å². The molecular formula is C26H35NO3. The van der Waals surface area contributed by atoms with Crippen molar-refractivity contribution in [1.82, 2.24) is 0 Å². The molecular weight excluding hydrogens is 374 g/mol. The predicted octanol–water partition coefficient (Wildman–Crippen LogP) is 6.42. The van der Waals surface area contributed by atoms with Crippen LogP contribution in [0.5, 0.6) is 11.5 Å². The van der Waals surface area contributed by atoms with Gasteiger partial charge in [0, 0.05) is 0 Å². The average molecular weight is 410 g/mol. The number of oxime groups is 1. The van der Waals surface area contributed by atoms with Crippen LogP contribution in [0.25, 0.3) is 0 Å². The number of nitrogens with zero attached hydrogens (tertiary/aromatic N) is 1. The summed E-state index contributed by atoms with van der Waals surface area (Å²) in [6.45, 7) is 7.51. The van der Waals surface area contributed by atoms with E-state index in [-0.39, 0.29) is 0 Å². The Morgan fingerprint density at radius 3 is 2.27 bits per heavy atom. The van der Waals surface area contributed by atoms with Crippen LogP contribution in [-0.4, -0.2) is 26.5 Å². The molecule has 162 valence electrons. The predicted molar refractivity (Wildman–Crippen MR) is 125 cm³/mol. The minimum absolute atomic E-state index is 0.599. The van der Waals surface area contributed by atoms with Crippen LogP contribution in [0.4, 0.5) is 0 Å². The first kappa shape index (κ1) is 23.5. The monoisotopic (exact) mass is 409 g/mol. The van der Waals surface area contributed by atoms with Crippen molar-refractivity contribution in [2.45, 2.75) is 52.9 Å². The second-order valence-corrected chi connectivity index (χ2v) is 7.44. The second kappa shape index (κ2) is 13.5. The molecule has 2 rings (SSSR count). The molecule has 2 aromatic rings. The van der Waals surface area contributed by atoms with Crippen molar-refractivity contribution in [1.29, 1.82) is 0 Å². The second-order valence-electron chi connectivity index (χ2n) is 7.44. The largest absolute Gasteiger partial charge is 0.493 e. The van der Waals surface area contributed by atoms with E-state index in [1.54, 1.807) is 13.3 Å². The van der Waals surface area contributed by atoms with E-state index in [1.807, 2.05) is 19.1 Å². The smallest absolute Gasteiger partial charge is 0.125 e. The highest BCUT2D eigenvalue weighted by molar-refractivity contribution is 5.79. The number of aryl methyl sites for hydroxylation is 3. The molecule has 0 unspecified atom stereocenters. The van der Waals surface area contributed by atoms with Crippen LogP contribution in [-0.2, 0) is 11.3 Å². The number of hydrogen-bond donors (Lipinski definition) is 0. The van der Waals surface area contributed by atoms with Crippen LogP contribution < -0.4 is 9.47 Å². The van der Waals surface area contributed by atoms with Gasteiger partial charge in [-0.15, -0.1) is 0 Å². The summed E-state index contributed by atoms with van der Waals surface area (Å²) in [5.74, 6) is 1.89. The van der Waals surface area contributed by atoms with Crippen LogP contribution in [0.15, 0.2) is 53.7 Å². The number of allylic oxidation sites excluding steroid dienone is 1. The highest BCUT2D eigenvalue weighted by atomic mass is 16.6. The topological polar surface area (TPSA) is 40.0 Å². The van der Waals surface area contributed by atoms with E-state index < -0.39 is 0 Å². The molecule has 0 aliphatic heterocycles. The lowest BCUT2D eigenvalue weighted by atomic mass is 10.0. The third-order valence-electron chi connectivity index (χ3n) is 4.91. The van der Waals surface area contributed by atoms with Gasteiger partial charge in [0.05, 0.1) is 12.8 Å². The lowest BCUT2D eigenvalue weighted by molar-refractivity contribution is 0.215. The summed E-state index contributed by atoms with van der Waals surface area (Å²) < 4.78 is 11.8. The Hall–Kier alpha value is -2.75. The molecule has 4 heteroatoms. The maximum atomic E-state index is 6.07. The molecule has 0 spiro atoms. The lowest BCUT2D eigenvalue weighted by Crippen LogP contribution is -2.02. The Kier molecular flexibility index (Phi) is 10.6. The SMILES string of the molecule is C/C=C/COc1cc(C)c(OCCCCCCc2ccc(/C=N/OC)cc2)c(C)c1. The van der Waals surface area contributed by atoms with Crippen molar-refractivity contribution < 1.29 is 14.3 Å². The quantitative estimate of drug-likeness (QED) is 0.166. The summed E-state index contributed by atoms with van der Waals surface area (Å²) in [5, 5.41) is 3.78. The van der Waals surface area contributed by atoms with E-state index in [9.17, 15) is 0 Å². The number of hydrogen-bond acceptors (Lipinski definition) is 4. The minimum Gasteiger partial charge on any atom is -0.493 e. The first-order chi connectivity index (χ1) is 14.6. The van der Waals surface area contributed by atoms with Gasteiger partial charge >= 0.3 is 0 Å². The van der Waals surface area contributed by atoms with Crippen molar-refractivity contribution in [3.8, 4) is 11.5 Å². The van der Waals surface area contributed by atoms with Crippen LogP contribution in [0.1, 0.15) is 54.9 Å². The van der Waals surface area contributed by atoms with Gasteiger partial charge in [-0.2, -0.15) is 0 Å². The van der Waals surface area contributed by atoms with Crippen molar-refractivity contribution in [3.63, 3.8) is 0 Å². The molecule has 0 heterocycles. The molecule has 0 aromatic heterocycles. The summed E-state index contributed by atoms with van der Waals surface area (Å²) in [4.78, 5) is 4.70. The molecule has 0 fully saturated rings. The lowest BCUT2D eigenvalue weighted by Gasteiger charge is -2.14. The van der Waals surface area contributed by atoms with Gasteiger partial charge < -0.3 is 14.3 Å². The highest BCUT2D eigenvalue weighted by Gasteiger charge is 2.07. The third-order valence-corrected chi connectivity index (χ3v) is 4.91. The van der Waals surface area contributed by atoms with Gasteiger partial charge in [0.25, 0.3) is 0 Å². The zero-order valence-electron chi connectivity index (χ0n) is 18.8. The normalized spacial score (nSPS) is 11.3. The Morgan fingerprint density at radius 2 is 1.60 bits per heavy atom. The highest BCUT2D eigenvalue weighted by Crippen LogP contribution is 2.28. The van der Waals surface area contributed by atoms with E-state index in [0.29, 0.717) is 6.61 Å². The Morgan fingerprint density at radius 1 is 0.900 bits per heavy atom. The Balaban J connectivity index is 1.65. The summed E-state index contributed by atoms with van der Waals surface area (Å²) in [6.07, 6.45) is 11.5. The summed E-state index contributed by atoms with van der Waals surface area (Å²) in [6, 6.07) is 12.6. The fraction of sp³-hybridized carbons (Fsp3) is 0.423. The Labute approximate surface area is 181 Å². The minimum atomic E-state index is 0.599. The van der Waals surface area contributed by atoms with E-state index in [4.69, 9.17) is 14.3 Å². The van der Waals surface area contributed by atoms with Gasteiger partial charge in [-0.1, -0.05) is 54.4 Å². The van der Waals surface area contributed by atoms with Crippen molar-refractivity contribution in [2.24, 2.45) is 5.16 Å². The van der Waals surface area contributed by atoms with Gasteiger partial charge in [-0.25, -0.2) is 0 Å². The van der Waals surface area contributed by atoms with E-state index in [2.05, 4.69) is 55.4 Å². The van der Waals surface area contributed by atoms with Crippen LogP contribution >= 0.6 is 0 Å². The summed E-state index contributed by atoms with van der Waals surface area (Å²) >= 11 is 0. The van der Waals surface area contributed by atoms with Crippen LogP contribution in [0.3, 0.4) is 0 Å². The number of ether oxygens (including phenoxy) is 2. The Bertz CT molecular complexity index is 787. The molecule has 0 N–H and O–H groups in total. The molecule has 4 nitrogen and oxygen atoms in total. The molecule has 0 saturated heterocycles. The molecule has 30 heavy (non-hydrogen) atoms. The molecule has 0 aliphatic rings. The fourth-order valence-corrected chi connectivity index (χ4v) is 3.31. The zero-order valence-corrected chi connectivity index (χ0v) is 18.8. The maximum absolute atomic E-state index is 6.07. The van der Waals surface area contributed by atoms with E-state index >= 15 is 0 Å². The maximum Gasteiger partial charge on any atom is 0.125 e. The van der Waals surface area contributed by atoms with Gasteiger partial charge in [-0.3, -0.25) is 0 Å². The number of rotatable bonds is 13. The molecule has 0 atom stereocenters. The summed E-state index contributed by atoms with van der Waals surface area (Å²) in [7, 11) is 1.55. The number of unbranched alkanes of at least 4 members (excludes halogenated alkanes) is 3. The molecule has 0 aliphatic carbocycles. The molecule has 0 saturated carbocycles. The molecule has 0 amide bonds. The fourth-order valence-electron chi connectivity index (χ4n) is 3.31. The first-order valence-electron chi connectivity index (χ1n) is 10.8.